The lowest BCUT2D eigenvalue weighted by molar-refractivity contribution is 1.50. The Labute approximate surface area is 227 Å². The lowest BCUT2D eigenvalue weighted by atomic mass is 9.91. The Balaban J connectivity index is 1.36. The third-order valence-corrected chi connectivity index (χ3v) is 8.93. The van der Waals surface area contributed by atoms with Gasteiger partial charge in [0.05, 0.1) is 31.5 Å². The molecule has 0 aliphatic rings. The molecule has 2 aromatic heterocycles. The third-order valence-electron chi connectivity index (χ3n) is 7.34. The molecular weight excluding hydrogens is 501 g/mol. The van der Waals surface area contributed by atoms with E-state index in [9.17, 15) is 0 Å². The van der Waals surface area contributed by atoms with Crippen molar-refractivity contribution in [1.29, 1.82) is 0 Å². The van der Waals surface area contributed by atoms with Gasteiger partial charge < -0.3 is 0 Å². The number of benzene rings is 6. The summed E-state index contributed by atoms with van der Waals surface area (Å²) in [5, 5.41) is 5.09. The SMILES string of the molecule is c1ccc2c(c1)ccc1ccc(-c3cc(-c4ccc5ncsc5c4)cc(-c4ccc5ncsc5c4)c3)cc12. The maximum absolute atomic E-state index is 4.48. The summed E-state index contributed by atoms with van der Waals surface area (Å²) in [5.74, 6) is 0. The number of fused-ring (bicyclic) bond motifs is 5. The molecule has 0 fully saturated rings. The van der Waals surface area contributed by atoms with Gasteiger partial charge in [-0.1, -0.05) is 60.7 Å². The standard InChI is InChI=1S/C34H20N2S2/c1-2-4-29-21(3-1)5-6-22-7-8-23(16-30(22)29)26-13-27(24-9-11-31-33(17-24)37-19-35-31)15-28(14-26)25-10-12-32-34(18-25)38-20-36-32/h1-20H. The summed E-state index contributed by atoms with van der Waals surface area (Å²) in [7, 11) is 0. The summed E-state index contributed by atoms with van der Waals surface area (Å²) in [4.78, 5) is 8.95. The zero-order chi connectivity index (χ0) is 25.1. The molecule has 0 aliphatic carbocycles. The van der Waals surface area contributed by atoms with Crippen LogP contribution < -0.4 is 0 Å². The van der Waals surface area contributed by atoms with Crippen LogP contribution in [0.5, 0.6) is 0 Å². The molecule has 6 aromatic carbocycles. The van der Waals surface area contributed by atoms with Crippen molar-refractivity contribution in [3.63, 3.8) is 0 Å². The van der Waals surface area contributed by atoms with Gasteiger partial charge >= 0.3 is 0 Å². The first kappa shape index (κ1) is 21.7. The average Bonchev–Trinajstić information content (AvgIpc) is 3.65. The average molecular weight is 521 g/mol. The highest BCUT2D eigenvalue weighted by molar-refractivity contribution is 7.17. The number of nitrogens with zero attached hydrogens (tertiary/aromatic N) is 2. The van der Waals surface area contributed by atoms with Gasteiger partial charge in [0, 0.05) is 0 Å². The number of hydrogen-bond acceptors (Lipinski definition) is 4. The van der Waals surface area contributed by atoms with Gasteiger partial charge in [0.15, 0.2) is 0 Å². The number of rotatable bonds is 3. The minimum Gasteiger partial charge on any atom is -0.245 e. The van der Waals surface area contributed by atoms with Crippen LogP contribution in [0.15, 0.2) is 120 Å². The Bertz CT molecular complexity index is 2060. The Morgan fingerprint density at radius 2 is 0.895 bits per heavy atom. The molecule has 38 heavy (non-hydrogen) atoms. The Hall–Kier alpha value is -4.38. The molecule has 0 saturated carbocycles. The zero-order valence-electron chi connectivity index (χ0n) is 20.3. The van der Waals surface area contributed by atoms with Gasteiger partial charge in [0.2, 0.25) is 0 Å². The first-order valence-corrected chi connectivity index (χ1v) is 14.3. The van der Waals surface area contributed by atoms with Crippen molar-refractivity contribution < 1.29 is 0 Å². The molecular formula is C34H20N2S2. The molecule has 0 saturated heterocycles. The smallest absolute Gasteiger partial charge is 0.0812 e. The van der Waals surface area contributed by atoms with E-state index in [1.165, 1.54) is 64.3 Å². The predicted octanol–water partition coefficient (Wildman–Crippen LogP) is 10.2. The Morgan fingerprint density at radius 1 is 0.395 bits per heavy atom. The van der Waals surface area contributed by atoms with E-state index >= 15 is 0 Å². The summed E-state index contributed by atoms with van der Waals surface area (Å²) in [5.41, 5.74) is 13.2. The fourth-order valence-corrected chi connectivity index (χ4v) is 6.81. The van der Waals surface area contributed by atoms with Crippen molar-refractivity contribution in [3.05, 3.63) is 120 Å². The van der Waals surface area contributed by atoms with Crippen LogP contribution in [0, 0.1) is 0 Å². The molecule has 8 aromatic rings. The van der Waals surface area contributed by atoms with Crippen LogP contribution in [0.4, 0.5) is 0 Å². The maximum atomic E-state index is 4.48. The molecule has 0 amide bonds. The first-order valence-electron chi connectivity index (χ1n) is 12.5. The van der Waals surface area contributed by atoms with Crippen LogP contribution in [0.1, 0.15) is 0 Å². The molecule has 8 rings (SSSR count). The molecule has 0 atom stereocenters. The number of thiazole rings is 2. The highest BCUT2D eigenvalue weighted by atomic mass is 32.1. The molecule has 2 heterocycles. The molecule has 4 heteroatoms. The van der Waals surface area contributed by atoms with E-state index in [2.05, 4.69) is 119 Å². The van der Waals surface area contributed by atoms with Gasteiger partial charge in [-0.2, -0.15) is 0 Å². The molecule has 2 nitrogen and oxygen atoms in total. The lowest BCUT2D eigenvalue weighted by Crippen LogP contribution is -1.87. The molecule has 0 radical (unpaired) electrons. The van der Waals surface area contributed by atoms with E-state index in [0.717, 1.165) is 11.0 Å². The normalized spacial score (nSPS) is 11.7. The van der Waals surface area contributed by atoms with E-state index in [-0.39, 0.29) is 0 Å². The monoisotopic (exact) mass is 520 g/mol. The molecule has 0 N–H and O–H groups in total. The first-order chi connectivity index (χ1) is 18.8. The number of aromatic nitrogens is 2. The molecule has 0 aliphatic heterocycles. The van der Waals surface area contributed by atoms with Crippen molar-refractivity contribution in [2.45, 2.75) is 0 Å². The quantitative estimate of drug-likeness (QED) is 0.217. The van der Waals surface area contributed by atoms with Gasteiger partial charge in [0.1, 0.15) is 0 Å². The maximum Gasteiger partial charge on any atom is 0.0812 e. The van der Waals surface area contributed by atoms with E-state index in [4.69, 9.17) is 0 Å². The Kier molecular flexibility index (Phi) is 4.90. The van der Waals surface area contributed by atoms with E-state index < -0.39 is 0 Å². The van der Waals surface area contributed by atoms with Crippen LogP contribution in [0.2, 0.25) is 0 Å². The summed E-state index contributed by atoms with van der Waals surface area (Å²) in [6.45, 7) is 0. The van der Waals surface area contributed by atoms with Gasteiger partial charge in [-0.15, -0.1) is 22.7 Å². The third kappa shape index (κ3) is 3.61. The fourth-order valence-electron chi connectivity index (χ4n) is 5.38. The zero-order valence-corrected chi connectivity index (χ0v) is 21.9. The summed E-state index contributed by atoms with van der Waals surface area (Å²) in [6.07, 6.45) is 0. The van der Waals surface area contributed by atoms with E-state index in [1.807, 2.05) is 11.0 Å². The van der Waals surface area contributed by atoms with Crippen LogP contribution in [0.3, 0.4) is 0 Å². The van der Waals surface area contributed by atoms with Crippen molar-refractivity contribution >= 4 is 64.7 Å². The Morgan fingerprint density at radius 3 is 1.53 bits per heavy atom. The van der Waals surface area contributed by atoms with Crippen molar-refractivity contribution in [1.82, 2.24) is 9.97 Å². The van der Waals surface area contributed by atoms with Crippen molar-refractivity contribution in [3.8, 4) is 33.4 Å². The van der Waals surface area contributed by atoms with Gasteiger partial charge in [-0.3, -0.25) is 0 Å². The summed E-state index contributed by atoms with van der Waals surface area (Å²) < 4.78 is 2.41. The fraction of sp³-hybridized carbons (Fsp3) is 0. The topological polar surface area (TPSA) is 25.8 Å². The molecule has 178 valence electrons. The van der Waals surface area contributed by atoms with E-state index in [1.54, 1.807) is 22.7 Å². The highest BCUT2D eigenvalue weighted by Crippen LogP contribution is 2.37. The molecule has 0 spiro atoms. The molecule has 0 bridgehead atoms. The van der Waals surface area contributed by atoms with Gasteiger partial charge in [-0.25, -0.2) is 9.97 Å². The second-order valence-electron chi connectivity index (χ2n) is 9.59. The highest BCUT2D eigenvalue weighted by Gasteiger charge is 2.11. The lowest BCUT2D eigenvalue weighted by Gasteiger charge is -2.13. The van der Waals surface area contributed by atoms with Gasteiger partial charge in [-0.05, 0) is 103 Å². The largest absolute Gasteiger partial charge is 0.245 e. The summed E-state index contributed by atoms with van der Waals surface area (Å²) in [6, 6.07) is 40.0. The van der Waals surface area contributed by atoms with Crippen LogP contribution in [0.25, 0.3) is 75.4 Å². The summed E-state index contributed by atoms with van der Waals surface area (Å²) >= 11 is 3.37. The van der Waals surface area contributed by atoms with Crippen molar-refractivity contribution in [2.75, 3.05) is 0 Å². The minimum absolute atomic E-state index is 1.05. The van der Waals surface area contributed by atoms with Gasteiger partial charge in [0.25, 0.3) is 0 Å². The van der Waals surface area contributed by atoms with Crippen LogP contribution >= 0.6 is 22.7 Å². The second-order valence-corrected chi connectivity index (χ2v) is 11.4. The van der Waals surface area contributed by atoms with E-state index in [0.29, 0.717) is 0 Å². The van der Waals surface area contributed by atoms with Crippen molar-refractivity contribution in [2.24, 2.45) is 0 Å². The minimum atomic E-state index is 1.05. The predicted molar refractivity (Wildman–Crippen MR) is 164 cm³/mol. The second kappa shape index (κ2) is 8.59. The molecule has 0 unspecified atom stereocenters. The number of hydrogen-bond donors (Lipinski definition) is 0. The van der Waals surface area contributed by atoms with Crippen LogP contribution in [-0.4, -0.2) is 9.97 Å². The van der Waals surface area contributed by atoms with Crippen LogP contribution in [-0.2, 0) is 0 Å².